The van der Waals surface area contributed by atoms with Gasteiger partial charge in [-0.05, 0) is 29.9 Å². The van der Waals surface area contributed by atoms with E-state index in [1.165, 1.54) is 13.8 Å². The molecule has 1 fully saturated rings. The average Bonchev–Trinajstić information content (AvgIpc) is 2.85. The minimum Gasteiger partial charge on any atom is -0.458 e. The van der Waals surface area contributed by atoms with Crippen molar-refractivity contribution in [2.75, 3.05) is 0 Å². The molecule has 3 aliphatic carbocycles. The molecular formula is C16H20O4. The zero-order chi connectivity index (χ0) is 14.4. The fourth-order valence-electron chi connectivity index (χ4n) is 4.31. The molecule has 0 aromatic rings. The molecular weight excluding hydrogens is 256 g/mol. The predicted molar refractivity (Wildman–Crippen MR) is 72.5 cm³/mol. The second-order valence-electron chi connectivity index (χ2n) is 6.09. The highest BCUT2D eigenvalue weighted by molar-refractivity contribution is 5.67. The Hall–Kier alpha value is -1.58. The molecule has 0 heterocycles. The van der Waals surface area contributed by atoms with Gasteiger partial charge in [0, 0.05) is 25.7 Å². The fraction of sp³-hybridized carbons (Fsp3) is 0.625. The van der Waals surface area contributed by atoms with Crippen LogP contribution in [0, 0.1) is 29.6 Å². The van der Waals surface area contributed by atoms with Crippen molar-refractivity contribution in [1.82, 2.24) is 0 Å². The molecule has 0 spiro atoms. The lowest BCUT2D eigenvalue weighted by Crippen LogP contribution is -2.43. The summed E-state index contributed by atoms with van der Waals surface area (Å²) in [5, 5.41) is 0. The number of rotatable bonds is 2. The van der Waals surface area contributed by atoms with Crippen LogP contribution in [0.2, 0.25) is 0 Å². The minimum absolute atomic E-state index is 0.202. The van der Waals surface area contributed by atoms with Crippen LogP contribution in [0.1, 0.15) is 20.8 Å². The highest BCUT2D eigenvalue weighted by Gasteiger charge is 2.57. The molecule has 3 rings (SSSR count). The summed E-state index contributed by atoms with van der Waals surface area (Å²) >= 11 is 0. The van der Waals surface area contributed by atoms with E-state index in [0.29, 0.717) is 17.8 Å². The first kappa shape index (κ1) is 13.4. The molecule has 0 amide bonds. The molecule has 0 radical (unpaired) electrons. The monoisotopic (exact) mass is 276 g/mol. The van der Waals surface area contributed by atoms with E-state index in [1.807, 2.05) is 12.2 Å². The predicted octanol–water partition coefficient (Wildman–Crippen LogP) is 2.10. The third kappa shape index (κ3) is 1.98. The van der Waals surface area contributed by atoms with E-state index in [1.54, 1.807) is 0 Å². The molecule has 0 aromatic carbocycles. The van der Waals surface area contributed by atoms with Gasteiger partial charge in [0.05, 0.1) is 0 Å². The highest BCUT2D eigenvalue weighted by atomic mass is 16.6. The summed E-state index contributed by atoms with van der Waals surface area (Å²) in [6, 6.07) is 0. The Labute approximate surface area is 118 Å². The van der Waals surface area contributed by atoms with E-state index < -0.39 is 0 Å². The molecule has 4 nitrogen and oxygen atoms in total. The second-order valence-corrected chi connectivity index (χ2v) is 6.09. The molecule has 2 bridgehead atoms. The van der Waals surface area contributed by atoms with Crippen molar-refractivity contribution >= 4 is 11.9 Å². The average molecular weight is 276 g/mol. The maximum absolute atomic E-state index is 11.3. The lowest BCUT2D eigenvalue weighted by molar-refractivity contribution is -0.155. The first-order valence-corrected chi connectivity index (χ1v) is 7.20. The Kier molecular flexibility index (Phi) is 3.19. The van der Waals surface area contributed by atoms with Crippen molar-refractivity contribution in [2.45, 2.75) is 33.0 Å². The molecule has 0 aromatic heterocycles. The van der Waals surface area contributed by atoms with E-state index in [9.17, 15) is 9.59 Å². The number of ether oxygens (including phenoxy) is 2. The summed E-state index contributed by atoms with van der Waals surface area (Å²) in [7, 11) is 0. The van der Waals surface area contributed by atoms with Gasteiger partial charge in [-0.15, -0.1) is 0 Å². The van der Waals surface area contributed by atoms with Gasteiger partial charge in [-0.2, -0.15) is 0 Å². The third-order valence-electron chi connectivity index (χ3n) is 4.96. The Morgan fingerprint density at radius 2 is 1.20 bits per heavy atom. The van der Waals surface area contributed by atoms with Gasteiger partial charge >= 0.3 is 11.9 Å². The molecule has 7 atom stereocenters. The van der Waals surface area contributed by atoms with Gasteiger partial charge in [-0.25, -0.2) is 0 Å². The fourth-order valence-corrected chi connectivity index (χ4v) is 4.31. The topological polar surface area (TPSA) is 52.6 Å². The van der Waals surface area contributed by atoms with Crippen LogP contribution in [0.4, 0.5) is 0 Å². The Morgan fingerprint density at radius 1 is 0.800 bits per heavy atom. The van der Waals surface area contributed by atoms with Crippen LogP contribution in [-0.4, -0.2) is 24.1 Å². The maximum Gasteiger partial charge on any atom is 0.303 e. The van der Waals surface area contributed by atoms with Crippen LogP contribution in [0.25, 0.3) is 0 Å². The quantitative estimate of drug-likeness (QED) is 0.572. The van der Waals surface area contributed by atoms with Crippen molar-refractivity contribution in [3.05, 3.63) is 24.3 Å². The Morgan fingerprint density at radius 3 is 1.55 bits per heavy atom. The molecule has 4 heteroatoms. The van der Waals surface area contributed by atoms with Crippen molar-refractivity contribution in [2.24, 2.45) is 29.6 Å². The van der Waals surface area contributed by atoms with Gasteiger partial charge < -0.3 is 9.47 Å². The number of carbonyl (C=O) groups is 2. The van der Waals surface area contributed by atoms with E-state index in [4.69, 9.17) is 9.47 Å². The van der Waals surface area contributed by atoms with Gasteiger partial charge in [-0.3, -0.25) is 9.59 Å². The van der Waals surface area contributed by atoms with Crippen molar-refractivity contribution in [1.29, 1.82) is 0 Å². The molecule has 3 aliphatic rings. The summed E-state index contributed by atoms with van der Waals surface area (Å²) in [4.78, 5) is 22.6. The molecule has 1 unspecified atom stereocenters. The van der Waals surface area contributed by atoms with Crippen LogP contribution in [-0.2, 0) is 19.1 Å². The van der Waals surface area contributed by atoms with Gasteiger partial charge in [-0.1, -0.05) is 19.1 Å². The minimum atomic E-state index is -0.260. The summed E-state index contributed by atoms with van der Waals surface area (Å²) < 4.78 is 10.9. The van der Waals surface area contributed by atoms with E-state index in [0.717, 1.165) is 0 Å². The zero-order valence-electron chi connectivity index (χ0n) is 12.0. The molecule has 0 N–H and O–H groups in total. The van der Waals surface area contributed by atoms with E-state index in [2.05, 4.69) is 19.1 Å². The molecule has 1 saturated carbocycles. The smallest absolute Gasteiger partial charge is 0.303 e. The summed E-state index contributed by atoms with van der Waals surface area (Å²) in [6.07, 6.45) is 7.83. The van der Waals surface area contributed by atoms with Gasteiger partial charge in [0.25, 0.3) is 0 Å². The maximum atomic E-state index is 11.3. The summed E-state index contributed by atoms with van der Waals surface area (Å²) in [5.74, 6) is 1.24. The summed E-state index contributed by atoms with van der Waals surface area (Å²) in [5.41, 5.74) is 0. The second kappa shape index (κ2) is 4.76. The lowest BCUT2D eigenvalue weighted by atomic mass is 9.73. The number of allylic oxidation sites excluding steroid dienone is 2. The third-order valence-corrected chi connectivity index (χ3v) is 4.96. The van der Waals surface area contributed by atoms with Crippen LogP contribution in [0.5, 0.6) is 0 Å². The standard InChI is InChI=1S/C16H20O4/c1-8-11-4-5-12(8)16-14(20-10(3)18)7-6-13(15(11)16)19-9(2)17/h4-8,11-16H,1-3H3/t8?,11-,12+,13+,14-,15+,16-. The van der Waals surface area contributed by atoms with Gasteiger partial charge in [0.15, 0.2) is 0 Å². The van der Waals surface area contributed by atoms with Crippen LogP contribution >= 0.6 is 0 Å². The molecule has 0 saturated heterocycles. The number of hydrogen-bond acceptors (Lipinski definition) is 4. The SMILES string of the molecule is CC(=O)O[C@H]1C=C[C@@H](OC(C)=O)[C@@H]2[C@H]1[C@@H]1C=C[C@H]2C1C. The number of hydrogen-bond donors (Lipinski definition) is 0. The number of fused-ring (bicyclic) bond motifs is 5. The summed E-state index contributed by atoms with van der Waals surface area (Å²) in [6.45, 7) is 5.10. The molecule has 108 valence electrons. The Bertz CT molecular complexity index is 451. The van der Waals surface area contributed by atoms with Crippen molar-refractivity contribution in [3.63, 3.8) is 0 Å². The highest BCUT2D eigenvalue weighted by Crippen LogP contribution is 2.56. The first-order valence-electron chi connectivity index (χ1n) is 7.20. The normalized spacial score (nSPS) is 44.2. The van der Waals surface area contributed by atoms with Crippen molar-refractivity contribution < 1.29 is 19.1 Å². The Balaban J connectivity index is 1.91. The lowest BCUT2D eigenvalue weighted by Gasteiger charge is -2.39. The van der Waals surface area contributed by atoms with Crippen LogP contribution in [0.3, 0.4) is 0 Å². The van der Waals surface area contributed by atoms with Crippen LogP contribution in [0.15, 0.2) is 24.3 Å². The number of carbonyl (C=O) groups excluding carboxylic acids is 2. The number of esters is 2. The molecule has 0 aliphatic heterocycles. The van der Waals surface area contributed by atoms with Gasteiger partial charge in [0.1, 0.15) is 12.2 Å². The molecule has 20 heavy (non-hydrogen) atoms. The zero-order valence-corrected chi connectivity index (χ0v) is 12.0. The van der Waals surface area contributed by atoms with E-state index >= 15 is 0 Å². The van der Waals surface area contributed by atoms with E-state index in [-0.39, 0.29) is 36.0 Å². The van der Waals surface area contributed by atoms with Gasteiger partial charge in [0.2, 0.25) is 0 Å². The van der Waals surface area contributed by atoms with Crippen LogP contribution < -0.4 is 0 Å². The van der Waals surface area contributed by atoms with Crippen molar-refractivity contribution in [3.8, 4) is 0 Å². The largest absolute Gasteiger partial charge is 0.458 e. The first-order chi connectivity index (χ1) is 9.49.